The number of amides is 1. The maximum absolute atomic E-state index is 13.3. The number of carbonyl (C=O) groups excluding carboxylic acids is 1. The molecular weight excluding hydrogens is 419 g/mol. The van der Waals surface area contributed by atoms with Crippen LogP contribution in [0.1, 0.15) is 38.8 Å². The van der Waals surface area contributed by atoms with Crippen LogP contribution in [0.25, 0.3) is 0 Å². The number of rotatable bonds is 0. The van der Waals surface area contributed by atoms with Gasteiger partial charge in [-0.1, -0.05) is 32.9 Å². The molecule has 0 radical (unpaired) electrons. The maximum Gasteiger partial charge on any atom is 0.416 e. The SMILES string of the molecule is CC1CN(C2=Nc3cc(C(F)(F)F)ccc3Oc3ccccc32)CCN1C(=O)C(C)(C)C. The third-order valence-corrected chi connectivity index (χ3v) is 5.69. The molecule has 8 heteroatoms. The first kappa shape index (κ1) is 22.2. The van der Waals surface area contributed by atoms with Gasteiger partial charge in [0.2, 0.25) is 5.91 Å². The Morgan fingerprint density at radius 1 is 1.06 bits per heavy atom. The summed E-state index contributed by atoms with van der Waals surface area (Å²) in [5.74, 6) is 1.44. The van der Waals surface area contributed by atoms with Crippen molar-refractivity contribution in [2.75, 3.05) is 19.6 Å². The van der Waals surface area contributed by atoms with Gasteiger partial charge in [-0.3, -0.25) is 4.79 Å². The summed E-state index contributed by atoms with van der Waals surface area (Å²) in [6.45, 7) is 9.21. The van der Waals surface area contributed by atoms with E-state index >= 15 is 0 Å². The summed E-state index contributed by atoms with van der Waals surface area (Å²) in [6, 6.07) is 10.5. The van der Waals surface area contributed by atoms with Crippen LogP contribution in [0.3, 0.4) is 0 Å². The zero-order chi connectivity index (χ0) is 23.3. The molecule has 2 aliphatic rings. The van der Waals surface area contributed by atoms with Crippen molar-refractivity contribution in [1.82, 2.24) is 9.80 Å². The summed E-state index contributed by atoms with van der Waals surface area (Å²) in [6.07, 6.45) is -4.47. The van der Waals surface area contributed by atoms with Crippen LogP contribution < -0.4 is 4.74 Å². The normalized spacial score (nSPS) is 18.8. The Morgan fingerprint density at radius 2 is 1.78 bits per heavy atom. The fourth-order valence-electron chi connectivity index (χ4n) is 4.02. The standard InChI is InChI=1S/C24H26F3N3O2/c1-15-14-29(11-12-30(15)22(31)23(2,3)4)21-17-7-5-6-8-19(17)32-20-10-9-16(24(25,26)27)13-18(20)28-21/h5-10,13,15H,11-12,14H2,1-4H3. The molecule has 2 aliphatic heterocycles. The summed E-state index contributed by atoms with van der Waals surface area (Å²) in [4.78, 5) is 21.3. The third-order valence-electron chi connectivity index (χ3n) is 5.69. The van der Waals surface area contributed by atoms with E-state index in [1.165, 1.54) is 6.07 Å². The van der Waals surface area contributed by atoms with E-state index in [1.807, 2.05) is 55.7 Å². The molecule has 0 aliphatic carbocycles. The highest BCUT2D eigenvalue weighted by Crippen LogP contribution is 2.42. The van der Waals surface area contributed by atoms with E-state index in [0.29, 0.717) is 36.8 Å². The molecule has 2 aromatic rings. The maximum atomic E-state index is 13.3. The lowest BCUT2D eigenvalue weighted by Gasteiger charge is -2.43. The highest BCUT2D eigenvalue weighted by molar-refractivity contribution is 6.04. The second-order valence-corrected chi connectivity index (χ2v) is 9.26. The van der Waals surface area contributed by atoms with E-state index in [-0.39, 0.29) is 23.4 Å². The lowest BCUT2D eigenvalue weighted by molar-refractivity contribution is -0.143. The average molecular weight is 445 g/mol. The molecule has 1 atom stereocenters. The van der Waals surface area contributed by atoms with Gasteiger partial charge in [0.1, 0.15) is 17.3 Å². The third kappa shape index (κ3) is 4.18. The van der Waals surface area contributed by atoms with Crippen LogP contribution in [0.4, 0.5) is 18.9 Å². The molecule has 1 unspecified atom stereocenters. The minimum Gasteiger partial charge on any atom is -0.454 e. The van der Waals surface area contributed by atoms with E-state index in [1.54, 1.807) is 6.07 Å². The largest absolute Gasteiger partial charge is 0.454 e. The molecule has 5 nitrogen and oxygen atoms in total. The number of nitrogens with zero attached hydrogens (tertiary/aromatic N) is 3. The summed E-state index contributed by atoms with van der Waals surface area (Å²) < 4.78 is 45.9. The Labute approximate surface area is 185 Å². The van der Waals surface area contributed by atoms with Gasteiger partial charge in [-0.25, -0.2) is 4.99 Å². The lowest BCUT2D eigenvalue weighted by atomic mass is 9.93. The van der Waals surface area contributed by atoms with Crippen LogP contribution in [0.5, 0.6) is 11.5 Å². The molecule has 2 heterocycles. The molecule has 1 saturated heterocycles. The Morgan fingerprint density at radius 3 is 2.44 bits per heavy atom. The number of carbonyl (C=O) groups is 1. The van der Waals surface area contributed by atoms with Gasteiger partial charge in [0.25, 0.3) is 0 Å². The van der Waals surface area contributed by atoms with Crippen molar-refractivity contribution in [1.29, 1.82) is 0 Å². The van der Waals surface area contributed by atoms with Crippen molar-refractivity contribution in [3.8, 4) is 11.5 Å². The number of alkyl halides is 3. The van der Waals surface area contributed by atoms with Gasteiger partial charge in [-0.2, -0.15) is 13.2 Å². The number of halogens is 3. The van der Waals surface area contributed by atoms with Crippen LogP contribution in [0, 0.1) is 5.41 Å². The van der Waals surface area contributed by atoms with E-state index in [2.05, 4.69) is 4.99 Å². The van der Waals surface area contributed by atoms with E-state index in [4.69, 9.17) is 4.74 Å². The molecule has 0 aromatic heterocycles. The number of hydrogen-bond donors (Lipinski definition) is 0. The Balaban J connectivity index is 1.72. The zero-order valence-electron chi connectivity index (χ0n) is 18.5. The summed E-state index contributed by atoms with van der Waals surface area (Å²) in [5.41, 5.74) is -0.418. The van der Waals surface area contributed by atoms with Crippen molar-refractivity contribution in [3.05, 3.63) is 53.6 Å². The van der Waals surface area contributed by atoms with Crippen molar-refractivity contribution >= 4 is 17.4 Å². The molecular formula is C24H26F3N3O2. The minimum absolute atomic E-state index is 0.0736. The number of amidine groups is 1. The molecule has 0 spiro atoms. The molecule has 0 N–H and O–H groups in total. The topological polar surface area (TPSA) is 45.1 Å². The Hall–Kier alpha value is -3.03. The Bertz CT molecular complexity index is 1070. The average Bonchev–Trinajstić information content (AvgIpc) is 2.88. The lowest BCUT2D eigenvalue weighted by Crippen LogP contribution is -2.57. The van der Waals surface area contributed by atoms with Crippen LogP contribution in [-0.4, -0.2) is 47.2 Å². The van der Waals surface area contributed by atoms with Gasteiger partial charge >= 0.3 is 6.18 Å². The number of benzene rings is 2. The van der Waals surface area contributed by atoms with Gasteiger partial charge < -0.3 is 14.5 Å². The number of ether oxygens (including phenoxy) is 1. The van der Waals surface area contributed by atoms with Crippen molar-refractivity contribution < 1.29 is 22.7 Å². The van der Waals surface area contributed by atoms with Gasteiger partial charge in [0.05, 0.1) is 11.1 Å². The first-order chi connectivity index (χ1) is 14.9. The van der Waals surface area contributed by atoms with Gasteiger partial charge in [-0.05, 0) is 37.3 Å². The quantitative estimate of drug-likeness (QED) is 0.540. The first-order valence-corrected chi connectivity index (χ1v) is 10.6. The second-order valence-electron chi connectivity index (χ2n) is 9.26. The number of para-hydroxylation sites is 1. The highest BCUT2D eigenvalue weighted by atomic mass is 19.4. The van der Waals surface area contributed by atoms with Crippen LogP contribution in [0.15, 0.2) is 47.5 Å². The molecule has 4 rings (SSSR count). The monoisotopic (exact) mass is 445 g/mol. The molecule has 32 heavy (non-hydrogen) atoms. The smallest absolute Gasteiger partial charge is 0.416 e. The van der Waals surface area contributed by atoms with E-state index < -0.39 is 17.2 Å². The van der Waals surface area contributed by atoms with E-state index in [0.717, 1.165) is 12.1 Å². The number of aliphatic imine (C=N–C) groups is 1. The zero-order valence-corrected chi connectivity index (χ0v) is 18.5. The summed E-state index contributed by atoms with van der Waals surface area (Å²) >= 11 is 0. The Kier molecular flexibility index (Phi) is 5.43. The molecule has 1 amide bonds. The molecule has 1 fully saturated rings. The molecule has 0 saturated carbocycles. The highest BCUT2D eigenvalue weighted by Gasteiger charge is 2.36. The minimum atomic E-state index is -4.47. The first-order valence-electron chi connectivity index (χ1n) is 10.6. The predicted octanol–water partition coefficient (Wildman–Crippen LogP) is 5.47. The van der Waals surface area contributed by atoms with Crippen molar-refractivity contribution in [3.63, 3.8) is 0 Å². The fraction of sp³-hybridized carbons (Fsp3) is 0.417. The van der Waals surface area contributed by atoms with Crippen LogP contribution in [0.2, 0.25) is 0 Å². The van der Waals surface area contributed by atoms with Crippen molar-refractivity contribution in [2.45, 2.75) is 39.9 Å². The van der Waals surface area contributed by atoms with Gasteiger partial charge in [-0.15, -0.1) is 0 Å². The van der Waals surface area contributed by atoms with E-state index in [9.17, 15) is 18.0 Å². The summed E-state index contributed by atoms with van der Waals surface area (Å²) in [5, 5.41) is 0. The predicted molar refractivity (Wildman–Crippen MR) is 116 cm³/mol. The fourth-order valence-corrected chi connectivity index (χ4v) is 4.02. The number of fused-ring (bicyclic) bond motifs is 2. The van der Waals surface area contributed by atoms with Crippen LogP contribution in [-0.2, 0) is 11.0 Å². The van der Waals surface area contributed by atoms with Crippen LogP contribution >= 0.6 is 0 Å². The molecule has 170 valence electrons. The molecule has 2 aromatic carbocycles. The summed E-state index contributed by atoms with van der Waals surface area (Å²) in [7, 11) is 0. The van der Waals surface area contributed by atoms with Gasteiger partial charge in [0.15, 0.2) is 5.75 Å². The number of hydrogen-bond acceptors (Lipinski definition) is 4. The molecule has 0 bridgehead atoms. The number of piperazine rings is 1. The van der Waals surface area contributed by atoms with Gasteiger partial charge in [0, 0.05) is 31.1 Å². The van der Waals surface area contributed by atoms with Crippen molar-refractivity contribution in [2.24, 2.45) is 10.4 Å². The second kappa shape index (κ2) is 7.83.